The normalized spacial score (nSPS) is 18.4. The molecule has 0 radical (unpaired) electrons. The summed E-state index contributed by atoms with van der Waals surface area (Å²) >= 11 is 0. The Morgan fingerprint density at radius 3 is 2.24 bits per heavy atom. The third kappa shape index (κ3) is 9.51. The lowest BCUT2D eigenvalue weighted by Crippen LogP contribution is -2.16. The Hall–Kier alpha value is -1.83. The van der Waals surface area contributed by atoms with Gasteiger partial charge in [0.15, 0.2) is 0 Å². The van der Waals surface area contributed by atoms with Crippen LogP contribution in [-0.2, 0) is 6.42 Å². The van der Waals surface area contributed by atoms with Crippen LogP contribution in [0.3, 0.4) is 0 Å². The van der Waals surface area contributed by atoms with Gasteiger partial charge in [-0.2, -0.15) is 0 Å². The molecule has 2 heteroatoms. The number of pyridine rings is 1. The Labute approximate surface area is 203 Å². The van der Waals surface area contributed by atoms with Gasteiger partial charge in [0, 0.05) is 5.56 Å². The number of hydrogen-bond acceptors (Lipinski definition) is 2. The van der Waals surface area contributed by atoms with Crippen LogP contribution in [0.2, 0.25) is 0 Å². The van der Waals surface area contributed by atoms with E-state index in [1.807, 2.05) is 12.3 Å². The average molecular weight is 450 g/mol. The Bertz CT molecular complexity index is 751. The van der Waals surface area contributed by atoms with Crippen molar-refractivity contribution in [2.75, 3.05) is 6.61 Å². The van der Waals surface area contributed by atoms with Crippen LogP contribution in [-0.4, -0.2) is 11.6 Å². The molecule has 0 amide bonds. The zero-order valence-corrected chi connectivity index (χ0v) is 21.4. The highest BCUT2D eigenvalue weighted by Crippen LogP contribution is 2.35. The van der Waals surface area contributed by atoms with E-state index in [4.69, 9.17) is 4.74 Å². The van der Waals surface area contributed by atoms with Gasteiger partial charge in [-0.3, -0.25) is 4.98 Å². The fourth-order valence-corrected chi connectivity index (χ4v) is 5.32. The molecular weight excluding hydrogens is 402 g/mol. The second-order valence-electron chi connectivity index (χ2n) is 10.3. The second kappa shape index (κ2) is 15.1. The fraction of sp³-hybridized carbons (Fsp3) is 0.645. The van der Waals surface area contributed by atoms with E-state index >= 15 is 0 Å². The number of unbranched alkanes of at least 4 members (excludes halogenated alkanes) is 6. The zero-order chi connectivity index (χ0) is 23.1. The van der Waals surface area contributed by atoms with Gasteiger partial charge < -0.3 is 4.74 Å². The van der Waals surface area contributed by atoms with Crippen molar-refractivity contribution in [1.82, 2.24) is 4.98 Å². The number of aryl methyl sites for hydroxylation is 1. The van der Waals surface area contributed by atoms with Gasteiger partial charge >= 0.3 is 0 Å². The predicted octanol–water partition coefficient (Wildman–Crippen LogP) is 9.42. The Balaban J connectivity index is 1.38. The molecule has 1 aliphatic rings. The van der Waals surface area contributed by atoms with Gasteiger partial charge in [-0.1, -0.05) is 109 Å². The lowest BCUT2D eigenvalue weighted by Gasteiger charge is -2.29. The molecule has 2 unspecified atom stereocenters. The molecule has 33 heavy (non-hydrogen) atoms. The van der Waals surface area contributed by atoms with Gasteiger partial charge in [0.2, 0.25) is 0 Å². The summed E-state index contributed by atoms with van der Waals surface area (Å²) in [6.07, 6.45) is 22.6. The van der Waals surface area contributed by atoms with Crippen LogP contribution in [0.15, 0.2) is 42.6 Å². The van der Waals surface area contributed by atoms with E-state index in [-0.39, 0.29) is 0 Å². The van der Waals surface area contributed by atoms with Gasteiger partial charge in [-0.05, 0) is 55.2 Å². The number of nitrogens with zero attached hydrogens (tertiary/aromatic N) is 1. The van der Waals surface area contributed by atoms with Crippen LogP contribution in [0.25, 0.3) is 11.3 Å². The molecule has 2 atom stereocenters. The monoisotopic (exact) mass is 449 g/mol. The molecule has 1 aromatic carbocycles. The van der Waals surface area contributed by atoms with Crippen molar-refractivity contribution in [1.29, 1.82) is 0 Å². The Morgan fingerprint density at radius 2 is 1.52 bits per heavy atom. The molecule has 3 rings (SSSR count). The lowest BCUT2D eigenvalue weighted by atomic mass is 9.77. The fourth-order valence-electron chi connectivity index (χ4n) is 5.32. The minimum Gasteiger partial charge on any atom is -0.492 e. The summed E-state index contributed by atoms with van der Waals surface area (Å²) in [5.74, 6) is 2.80. The largest absolute Gasteiger partial charge is 0.492 e. The molecule has 182 valence electrons. The highest BCUT2D eigenvalue weighted by molar-refractivity contribution is 5.59. The van der Waals surface area contributed by atoms with Crippen LogP contribution in [0.1, 0.15) is 109 Å². The van der Waals surface area contributed by atoms with Crippen LogP contribution in [0, 0.1) is 11.8 Å². The van der Waals surface area contributed by atoms with E-state index in [0.717, 1.165) is 42.7 Å². The summed E-state index contributed by atoms with van der Waals surface area (Å²) in [5, 5.41) is 0. The molecule has 1 saturated carbocycles. The van der Waals surface area contributed by atoms with Crippen LogP contribution in [0.5, 0.6) is 5.75 Å². The highest BCUT2D eigenvalue weighted by Gasteiger charge is 2.21. The van der Waals surface area contributed by atoms with Crippen molar-refractivity contribution in [2.24, 2.45) is 11.8 Å². The van der Waals surface area contributed by atoms with E-state index in [9.17, 15) is 0 Å². The lowest BCUT2D eigenvalue weighted by molar-refractivity contribution is 0.239. The second-order valence-corrected chi connectivity index (χ2v) is 10.3. The minimum absolute atomic E-state index is 0.771. The van der Waals surface area contributed by atoms with Gasteiger partial charge in [-0.15, -0.1) is 0 Å². The summed E-state index contributed by atoms with van der Waals surface area (Å²) in [6.45, 7) is 5.25. The minimum atomic E-state index is 0.771. The number of aromatic nitrogens is 1. The average Bonchev–Trinajstić information content (AvgIpc) is 2.86. The summed E-state index contributed by atoms with van der Waals surface area (Å²) < 4.78 is 5.73. The Kier molecular flexibility index (Phi) is 11.8. The van der Waals surface area contributed by atoms with Gasteiger partial charge in [0.25, 0.3) is 0 Å². The topological polar surface area (TPSA) is 22.1 Å². The maximum absolute atomic E-state index is 5.73. The molecule has 1 heterocycles. The van der Waals surface area contributed by atoms with Gasteiger partial charge in [0.1, 0.15) is 5.75 Å². The molecule has 0 aliphatic heterocycles. The zero-order valence-electron chi connectivity index (χ0n) is 21.4. The van der Waals surface area contributed by atoms with Crippen molar-refractivity contribution in [3.8, 4) is 17.0 Å². The van der Waals surface area contributed by atoms with Crippen molar-refractivity contribution in [3.63, 3.8) is 0 Å². The molecule has 0 saturated heterocycles. The standard InChI is InChI=1S/C31H47NO/c1-3-5-7-8-9-10-12-27-13-11-14-28(24-27)16-15-26-17-19-29(20-18-26)31-22-21-30(25-32-31)33-23-6-4-2/h17-22,25,27-28H,3-16,23-24H2,1-2H3. The molecule has 1 aromatic heterocycles. The molecule has 2 nitrogen and oxygen atoms in total. The predicted molar refractivity (Wildman–Crippen MR) is 142 cm³/mol. The molecule has 0 bridgehead atoms. The van der Waals surface area contributed by atoms with Gasteiger partial charge in [-0.25, -0.2) is 0 Å². The van der Waals surface area contributed by atoms with E-state index < -0.39 is 0 Å². The Morgan fingerprint density at radius 1 is 0.788 bits per heavy atom. The molecule has 2 aromatic rings. The quantitative estimate of drug-likeness (QED) is 0.253. The first-order chi connectivity index (χ1) is 16.3. The smallest absolute Gasteiger partial charge is 0.137 e. The number of benzene rings is 1. The summed E-state index contributed by atoms with van der Waals surface area (Å²) in [5.41, 5.74) is 3.68. The van der Waals surface area contributed by atoms with E-state index in [1.54, 1.807) is 0 Å². The molecule has 0 spiro atoms. The van der Waals surface area contributed by atoms with Crippen molar-refractivity contribution in [3.05, 3.63) is 48.2 Å². The molecule has 0 N–H and O–H groups in total. The van der Waals surface area contributed by atoms with E-state index in [2.05, 4.69) is 49.2 Å². The molecule has 1 aliphatic carbocycles. The van der Waals surface area contributed by atoms with Crippen molar-refractivity contribution in [2.45, 2.75) is 110 Å². The number of ether oxygens (including phenoxy) is 1. The number of rotatable bonds is 15. The maximum Gasteiger partial charge on any atom is 0.137 e. The summed E-state index contributed by atoms with van der Waals surface area (Å²) in [4.78, 5) is 4.61. The van der Waals surface area contributed by atoms with Gasteiger partial charge in [0.05, 0.1) is 18.5 Å². The first-order valence-electron chi connectivity index (χ1n) is 14.0. The van der Waals surface area contributed by atoms with Crippen molar-refractivity contribution >= 4 is 0 Å². The first-order valence-corrected chi connectivity index (χ1v) is 14.0. The molecular formula is C31H47NO. The molecule has 1 fully saturated rings. The summed E-state index contributed by atoms with van der Waals surface area (Å²) in [6, 6.07) is 13.2. The highest BCUT2D eigenvalue weighted by atomic mass is 16.5. The maximum atomic E-state index is 5.73. The SMILES string of the molecule is CCCCCCCCC1CCCC(CCc2ccc(-c3ccc(OCCCC)cn3)cc2)C1. The van der Waals surface area contributed by atoms with Crippen molar-refractivity contribution < 1.29 is 4.74 Å². The first kappa shape index (κ1) is 25.8. The van der Waals surface area contributed by atoms with Crippen LogP contribution >= 0.6 is 0 Å². The van der Waals surface area contributed by atoms with E-state index in [0.29, 0.717) is 0 Å². The summed E-state index contributed by atoms with van der Waals surface area (Å²) in [7, 11) is 0. The van der Waals surface area contributed by atoms with Crippen LogP contribution in [0.4, 0.5) is 0 Å². The third-order valence-electron chi connectivity index (χ3n) is 7.45. The van der Waals surface area contributed by atoms with E-state index in [1.165, 1.54) is 94.6 Å². The number of hydrogen-bond donors (Lipinski definition) is 0. The van der Waals surface area contributed by atoms with Crippen LogP contribution < -0.4 is 4.74 Å². The third-order valence-corrected chi connectivity index (χ3v) is 7.45.